The minimum Gasteiger partial charge on any atom is -0.550 e. The summed E-state index contributed by atoms with van der Waals surface area (Å²) >= 11 is 0. The highest BCUT2D eigenvalue weighted by atomic mass is 16.5. The SMILES string of the molecule is CC[NH+](CC)CCOc1ccc(CCNC(=O)CCC(=O)[O-])cc1. The Morgan fingerprint density at radius 3 is 2.38 bits per heavy atom. The number of hydrogen-bond acceptors (Lipinski definition) is 4. The van der Waals surface area contributed by atoms with E-state index in [9.17, 15) is 14.7 Å². The van der Waals surface area contributed by atoms with Crippen molar-refractivity contribution in [1.29, 1.82) is 0 Å². The molecule has 24 heavy (non-hydrogen) atoms. The number of ether oxygens (including phenoxy) is 1. The molecule has 1 rings (SSSR count). The van der Waals surface area contributed by atoms with E-state index in [1.54, 1.807) is 0 Å². The number of aliphatic carboxylic acids is 1. The van der Waals surface area contributed by atoms with Gasteiger partial charge in [0.25, 0.3) is 0 Å². The fourth-order valence-corrected chi connectivity index (χ4v) is 2.32. The van der Waals surface area contributed by atoms with Crippen LogP contribution in [0.15, 0.2) is 24.3 Å². The number of carboxylic acids is 1. The van der Waals surface area contributed by atoms with Crippen molar-refractivity contribution in [2.24, 2.45) is 0 Å². The highest BCUT2D eigenvalue weighted by Gasteiger charge is 2.03. The van der Waals surface area contributed by atoms with Gasteiger partial charge in [0.1, 0.15) is 18.9 Å². The topological polar surface area (TPSA) is 82.9 Å². The molecular weight excluding hydrogens is 308 g/mol. The Hall–Kier alpha value is -2.08. The normalized spacial score (nSPS) is 10.6. The lowest BCUT2D eigenvalue weighted by Gasteiger charge is -2.15. The number of nitrogens with one attached hydrogen (secondary N) is 2. The van der Waals surface area contributed by atoms with Crippen LogP contribution in [0.2, 0.25) is 0 Å². The third kappa shape index (κ3) is 8.53. The Labute approximate surface area is 143 Å². The number of carbonyl (C=O) groups excluding carboxylic acids is 2. The number of carbonyl (C=O) groups is 2. The predicted molar refractivity (Wildman–Crippen MR) is 89.8 cm³/mol. The van der Waals surface area contributed by atoms with Crippen molar-refractivity contribution < 1.29 is 24.3 Å². The minimum absolute atomic E-state index is 0.0381. The Morgan fingerprint density at radius 2 is 1.79 bits per heavy atom. The van der Waals surface area contributed by atoms with E-state index < -0.39 is 5.97 Å². The molecule has 1 aromatic rings. The van der Waals surface area contributed by atoms with Gasteiger partial charge in [-0.1, -0.05) is 12.1 Å². The molecule has 1 amide bonds. The van der Waals surface area contributed by atoms with Crippen LogP contribution in [0.3, 0.4) is 0 Å². The molecule has 6 nitrogen and oxygen atoms in total. The van der Waals surface area contributed by atoms with Gasteiger partial charge in [-0.3, -0.25) is 4.79 Å². The van der Waals surface area contributed by atoms with Crippen LogP contribution in [0.4, 0.5) is 0 Å². The maximum Gasteiger partial charge on any atom is 0.220 e. The van der Waals surface area contributed by atoms with Gasteiger partial charge < -0.3 is 24.9 Å². The lowest BCUT2D eigenvalue weighted by Crippen LogP contribution is -3.12. The smallest absolute Gasteiger partial charge is 0.220 e. The van der Waals surface area contributed by atoms with Gasteiger partial charge in [-0.2, -0.15) is 0 Å². The highest BCUT2D eigenvalue weighted by Crippen LogP contribution is 2.12. The van der Waals surface area contributed by atoms with Crippen LogP contribution in [-0.4, -0.2) is 44.7 Å². The van der Waals surface area contributed by atoms with E-state index in [2.05, 4.69) is 19.2 Å². The Kier molecular flexibility index (Phi) is 9.53. The number of likely N-dealkylation sites (N-methyl/N-ethyl adjacent to an activating group) is 1. The summed E-state index contributed by atoms with van der Waals surface area (Å²) in [6.07, 6.45) is 0.414. The zero-order valence-corrected chi connectivity index (χ0v) is 14.6. The number of amides is 1. The molecule has 6 heteroatoms. The summed E-state index contributed by atoms with van der Waals surface area (Å²) in [6.45, 7) is 8.73. The van der Waals surface area contributed by atoms with Crippen LogP contribution in [0.1, 0.15) is 32.3 Å². The minimum atomic E-state index is -1.21. The van der Waals surface area contributed by atoms with E-state index >= 15 is 0 Å². The van der Waals surface area contributed by atoms with E-state index in [4.69, 9.17) is 4.74 Å². The number of hydrogen-bond donors (Lipinski definition) is 2. The van der Waals surface area contributed by atoms with E-state index in [1.807, 2.05) is 24.3 Å². The number of quaternary nitrogens is 1. The molecule has 1 aromatic carbocycles. The van der Waals surface area contributed by atoms with Gasteiger partial charge in [0.2, 0.25) is 5.91 Å². The van der Waals surface area contributed by atoms with E-state index in [1.165, 1.54) is 4.90 Å². The molecule has 0 fully saturated rings. The summed E-state index contributed by atoms with van der Waals surface area (Å²) in [5, 5.41) is 13.0. The predicted octanol–water partition coefficient (Wildman–Crippen LogP) is -0.821. The molecule has 0 heterocycles. The second kappa shape index (κ2) is 11.5. The average molecular weight is 336 g/mol. The largest absolute Gasteiger partial charge is 0.550 e. The highest BCUT2D eigenvalue weighted by molar-refractivity contribution is 5.79. The van der Waals surface area contributed by atoms with Crippen LogP contribution in [-0.2, 0) is 16.0 Å². The summed E-state index contributed by atoms with van der Waals surface area (Å²) in [5.74, 6) is -0.621. The average Bonchev–Trinajstić information content (AvgIpc) is 2.58. The first-order chi connectivity index (χ1) is 11.5. The molecule has 0 saturated heterocycles. The van der Waals surface area contributed by atoms with E-state index in [0.29, 0.717) is 19.6 Å². The quantitative estimate of drug-likeness (QED) is 0.522. The van der Waals surface area contributed by atoms with Gasteiger partial charge in [-0.25, -0.2) is 0 Å². The molecule has 0 aliphatic rings. The standard InChI is InChI=1S/C18H28N2O4/c1-3-20(4-2)13-14-24-16-7-5-15(6-8-16)11-12-19-17(21)9-10-18(22)23/h5-8H,3-4,9-14H2,1-2H3,(H,19,21)(H,22,23). The van der Waals surface area contributed by atoms with Gasteiger partial charge in [0, 0.05) is 18.9 Å². The molecular formula is C18H28N2O4. The molecule has 134 valence electrons. The second-order valence-electron chi connectivity index (χ2n) is 5.67. The molecule has 0 aliphatic carbocycles. The molecule has 0 radical (unpaired) electrons. The molecule has 2 N–H and O–H groups in total. The third-order valence-electron chi connectivity index (χ3n) is 3.94. The second-order valence-corrected chi connectivity index (χ2v) is 5.67. The molecule has 0 unspecified atom stereocenters. The first-order valence-electron chi connectivity index (χ1n) is 8.57. The van der Waals surface area contributed by atoms with Crippen molar-refractivity contribution in [2.75, 3.05) is 32.8 Å². The van der Waals surface area contributed by atoms with Crippen LogP contribution in [0.5, 0.6) is 5.75 Å². The zero-order valence-electron chi connectivity index (χ0n) is 14.6. The maximum absolute atomic E-state index is 11.4. The van der Waals surface area contributed by atoms with Crippen LogP contribution < -0.4 is 20.1 Å². The van der Waals surface area contributed by atoms with Crippen molar-refractivity contribution in [2.45, 2.75) is 33.1 Å². The maximum atomic E-state index is 11.4. The third-order valence-corrected chi connectivity index (χ3v) is 3.94. The van der Waals surface area contributed by atoms with Crippen LogP contribution in [0.25, 0.3) is 0 Å². The summed E-state index contributed by atoms with van der Waals surface area (Å²) in [4.78, 5) is 23.2. The number of benzene rings is 1. The van der Waals surface area contributed by atoms with Crippen molar-refractivity contribution in [1.82, 2.24) is 5.32 Å². The summed E-state index contributed by atoms with van der Waals surface area (Å²) < 4.78 is 5.74. The van der Waals surface area contributed by atoms with Crippen molar-refractivity contribution >= 4 is 11.9 Å². The van der Waals surface area contributed by atoms with Crippen molar-refractivity contribution in [3.63, 3.8) is 0 Å². The fourth-order valence-electron chi connectivity index (χ4n) is 2.32. The molecule has 0 spiro atoms. The Balaban J connectivity index is 2.24. The van der Waals surface area contributed by atoms with Crippen molar-refractivity contribution in [3.8, 4) is 5.75 Å². The number of carboxylic acid groups (broad SMARTS) is 1. The molecule has 0 atom stereocenters. The summed E-state index contributed by atoms with van der Waals surface area (Å²) in [5.41, 5.74) is 1.09. The first kappa shape index (κ1) is 20.0. The van der Waals surface area contributed by atoms with Gasteiger partial charge in [-0.15, -0.1) is 0 Å². The van der Waals surface area contributed by atoms with Crippen LogP contribution >= 0.6 is 0 Å². The van der Waals surface area contributed by atoms with E-state index in [0.717, 1.165) is 30.9 Å². The molecule has 0 bridgehead atoms. The fraction of sp³-hybridized carbons (Fsp3) is 0.556. The molecule has 0 aliphatic heterocycles. The summed E-state index contributed by atoms with van der Waals surface area (Å²) in [7, 11) is 0. The Bertz CT molecular complexity index is 498. The monoisotopic (exact) mass is 336 g/mol. The lowest BCUT2D eigenvalue weighted by molar-refractivity contribution is -0.896. The van der Waals surface area contributed by atoms with Gasteiger partial charge in [0.05, 0.1) is 13.1 Å². The lowest BCUT2D eigenvalue weighted by atomic mass is 10.1. The van der Waals surface area contributed by atoms with Crippen molar-refractivity contribution in [3.05, 3.63) is 29.8 Å². The molecule has 0 saturated carbocycles. The Morgan fingerprint density at radius 1 is 1.12 bits per heavy atom. The number of rotatable bonds is 12. The zero-order chi connectivity index (χ0) is 17.8. The van der Waals surface area contributed by atoms with Gasteiger partial charge in [-0.05, 0) is 44.4 Å². The first-order valence-corrected chi connectivity index (χ1v) is 8.57. The summed E-state index contributed by atoms with van der Waals surface area (Å²) in [6, 6.07) is 7.83. The van der Waals surface area contributed by atoms with E-state index in [-0.39, 0.29) is 18.7 Å². The molecule has 0 aromatic heterocycles. The van der Waals surface area contributed by atoms with Crippen LogP contribution in [0, 0.1) is 0 Å². The van der Waals surface area contributed by atoms with Gasteiger partial charge in [0.15, 0.2) is 0 Å². The van der Waals surface area contributed by atoms with Gasteiger partial charge >= 0.3 is 0 Å².